The Hall–Kier alpha value is -3.31. The van der Waals surface area contributed by atoms with Gasteiger partial charge in [0.2, 0.25) is 5.75 Å². The van der Waals surface area contributed by atoms with Crippen LogP contribution in [-0.4, -0.2) is 83.2 Å². The summed E-state index contributed by atoms with van der Waals surface area (Å²) in [6.45, 7) is 10.6. The standard InChI is InChI=1S/C39H62N2O9/c1-38(2,49-35(43)16-14-12-10-9-11-13-15-34(42)47-7)28-19-22-41-31(25-28)29-26-40-21-20-30(29)39(3,4)50-36(44)18-17-27-23-32(45-5)37(48-8)33(24-27)46-6/h17-18,23-24,28-31,40-41H,9-16,19-22,25-26H2,1-8H3/b18-17+. The molecular formula is C39H62N2O9. The number of hydrogen-bond donors (Lipinski definition) is 2. The molecule has 2 heterocycles. The smallest absolute Gasteiger partial charge is 0.331 e. The van der Waals surface area contributed by atoms with Gasteiger partial charge in [0.15, 0.2) is 11.5 Å². The second-order valence-corrected chi connectivity index (χ2v) is 14.6. The summed E-state index contributed by atoms with van der Waals surface area (Å²) in [7, 11) is 6.07. The van der Waals surface area contributed by atoms with Crippen molar-refractivity contribution in [2.24, 2.45) is 17.8 Å². The Kier molecular flexibility index (Phi) is 16.4. The van der Waals surface area contributed by atoms with Gasteiger partial charge >= 0.3 is 17.9 Å². The van der Waals surface area contributed by atoms with E-state index in [0.717, 1.165) is 83.0 Å². The highest BCUT2D eigenvalue weighted by molar-refractivity contribution is 5.87. The largest absolute Gasteiger partial charge is 0.493 e. The van der Waals surface area contributed by atoms with E-state index >= 15 is 0 Å². The first-order valence-corrected chi connectivity index (χ1v) is 18.3. The van der Waals surface area contributed by atoms with Crippen molar-refractivity contribution in [1.82, 2.24) is 10.6 Å². The van der Waals surface area contributed by atoms with Crippen LogP contribution in [0.4, 0.5) is 0 Å². The Morgan fingerprint density at radius 3 is 2.00 bits per heavy atom. The molecule has 0 amide bonds. The highest BCUT2D eigenvalue weighted by atomic mass is 16.6. The number of hydrogen-bond acceptors (Lipinski definition) is 11. The van der Waals surface area contributed by atoms with Gasteiger partial charge in [-0.05, 0) is 109 Å². The van der Waals surface area contributed by atoms with Crippen molar-refractivity contribution >= 4 is 24.0 Å². The summed E-state index contributed by atoms with van der Waals surface area (Å²) >= 11 is 0. The van der Waals surface area contributed by atoms with Crippen LogP contribution in [0.1, 0.15) is 104 Å². The molecule has 2 aliphatic rings. The lowest BCUT2D eigenvalue weighted by atomic mass is 9.68. The van der Waals surface area contributed by atoms with E-state index in [9.17, 15) is 14.4 Å². The lowest BCUT2D eigenvalue weighted by Gasteiger charge is -2.48. The fourth-order valence-corrected chi connectivity index (χ4v) is 7.58. The molecule has 4 atom stereocenters. The zero-order valence-electron chi connectivity index (χ0n) is 31.7. The number of benzene rings is 1. The minimum Gasteiger partial charge on any atom is -0.493 e. The van der Waals surface area contributed by atoms with E-state index in [1.807, 2.05) is 27.7 Å². The van der Waals surface area contributed by atoms with Crippen LogP contribution in [0, 0.1) is 17.8 Å². The molecule has 0 bridgehead atoms. The van der Waals surface area contributed by atoms with Crippen molar-refractivity contribution in [3.8, 4) is 17.2 Å². The monoisotopic (exact) mass is 702 g/mol. The number of carbonyl (C=O) groups excluding carboxylic acids is 3. The molecule has 2 fully saturated rings. The molecule has 0 aromatic heterocycles. The van der Waals surface area contributed by atoms with Crippen LogP contribution in [0.25, 0.3) is 6.08 Å². The average Bonchev–Trinajstić information content (AvgIpc) is 3.10. The molecule has 0 aliphatic carbocycles. The number of carbonyl (C=O) groups is 3. The molecule has 1 aromatic carbocycles. The molecule has 11 nitrogen and oxygen atoms in total. The highest BCUT2D eigenvalue weighted by Crippen LogP contribution is 2.41. The van der Waals surface area contributed by atoms with Crippen molar-refractivity contribution in [2.45, 2.75) is 116 Å². The molecule has 0 saturated carbocycles. The Bertz CT molecular complexity index is 1250. The summed E-state index contributed by atoms with van der Waals surface area (Å²) in [5.74, 6) is 1.36. The molecule has 1 aromatic rings. The minimum atomic E-state index is -0.707. The second-order valence-electron chi connectivity index (χ2n) is 14.6. The van der Waals surface area contributed by atoms with Gasteiger partial charge in [-0.2, -0.15) is 0 Å². The van der Waals surface area contributed by atoms with E-state index in [1.54, 1.807) is 39.5 Å². The lowest BCUT2D eigenvalue weighted by Crippen LogP contribution is -2.58. The van der Waals surface area contributed by atoms with Crippen LogP contribution in [0.15, 0.2) is 18.2 Å². The van der Waals surface area contributed by atoms with Gasteiger partial charge in [0, 0.05) is 36.8 Å². The maximum Gasteiger partial charge on any atom is 0.331 e. The first kappa shape index (κ1) is 41.1. The molecule has 50 heavy (non-hydrogen) atoms. The SMILES string of the molecule is COC(=O)CCCCCCCCC(=O)OC(C)(C)C1CCNC(C2CNCCC2C(C)(C)OC(=O)/C=C/c2cc(OC)c(OC)c(OC)c2)C1. The molecule has 0 spiro atoms. The number of esters is 3. The summed E-state index contributed by atoms with van der Waals surface area (Å²) in [5, 5.41) is 7.32. The van der Waals surface area contributed by atoms with E-state index in [0.29, 0.717) is 30.1 Å². The van der Waals surface area contributed by atoms with Crippen molar-refractivity contribution in [3.63, 3.8) is 0 Å². The summed E-state index contributed by atoms with van der Waals surface area (Å²) in [6.07, 6.45) is 12.4. The molecular weight excluding hydrogens is 640 g/mol. The number of unbranched alkanes of at least 4 members (excludes halogenated alkanes) is 5. The molecule has 4 unspecified atom stereocenters. The number of piperidine rings is 2. The fourth-order valence-electron chi connectivity index (χ4n) is 7.58. The summed E-state index contributed by atoms with van der Waals surface area (Å²) < 4.78 is 33.2. The Morgan fingerprint density at radius 2 is 1.40 bits per heavy atom. The predicted octanol–water partition coefficient (Wildman–Crippen LogP) is 6.26. The van der Waals surface area contributed by atoms with Gasteiger partial charge in [-0.15, -0.1) is 0 Å². The Balaban J connectivity index is 1.54. The molecule has 3 rings (SSSR count). The molecule has 0 radical (unpaired) electrons. The maximum absolute atomic E-state index is 13.2. The van der Waals surface area contributed by atoms with Gasteiger partial charge in [0.1, 0.15) is 11.2 Å². The maximum atomic E-state index is 13.2. The number of rotatable bonds is 19. The molecule has 2 N–H and O–H groups in total. The average molecular weight is 703 g/mol. The third-order valence-corrected chi connectivity index (χ3v) is 10.4. The zero-order valence-corrected chi connectivity index (χ0v) is 31.7. The first-order valence-electron chi connectivity index (χ1n) is 18.3. The predicted molar refractivity (Wildman–Crippen MR) is 193 cm³/mol. The lowest BCUT2D eigenvalue weighted by molar-refractivity contribution is -0.164. The van der Waals surface area contributed by atoms with Crippen LogP contribution < -0.4 is 24.8 Å². The van der Waals surface area contributed by atoms with E-state index < -0.39 is 17.2 Å². The van der Waals surface area contributed by atoms with Crippen LogP contribution >= 0.6 is 0 Å². The van der Waals surface area contributed by atoms with E-state index in [-0.39, 0.29) is 35.7 Å². The fraction of sp³-hybridized carbons (Fsp3) is 0.718. The van der Waals surface area contributed by atoms with Crippen LogP contribution in [0.3, 0.4) is 0 Å². The van der Waals surface area contributed by atoms with Crippen LogP contribution in [0.5, 0.6) is 17.2 Å². The van der Waals surface area contributed by atoms with Crippen LogP contribution in [-0.2, 0) is 28.6 Å². The normalized spacial score (nSPS) is 21.4. The van der Waals surface area contributed by atoms with Gasteiger partial charge in [-0.25, -0.2) is 4.79 Å². The van der Waals surface area contributed by atoms with Gasteiger partial charge in [-0.1, -0.05) is 25.7 Å². The summed E-state index contributed by atoms with van der Waals surface area (Å²) in [6, 6.07) is 3.75. The summed E-state index contributed by atoms with van der Waals surface area (Å²) in [4.78, 5) is 37.3. The molecule has 282 valence electrons. The number of nitrogens with one attached hydrogen (secondary N) is 2. The van der Waals surface area contributed by atoms with Gasteiger partial charge in [0.25, 0.3) is 0 Å². The van der Waals surface area contributed by atoms with E-state index in [4.69, 9.17) is 23.7 Å². The molecule has 11 heteroatoms. The Morgan fingerprint density at radius 1 is 0.780 bits per heavy atom. The number of methoxy groups -OCH3 is 4. The van der Waals surface area contributed by atoms with Gasteiger partial charge in [-0.3, -0.25) is 9.59 Å². The summed E-state index contributed by atoms with van der Waals surface area (Å²) in [5.41, 5.74) is -0.567. The van der Waals surface area contributed by atoms with Crippen molar-refractivity contribution in [2.75, 3.05) is 48.1 Å². The van der Waals surface area contributed by atoms with Crippen molar-refractivity contribution in [1.29, 1.82) is 0 Å². The van der Waals surface area contributed by atoms with Crippen molar-refractivity contribution in [3.05, 3.63) is 23.8 Å². The topological polar surface area (TPSA) is 131 Å². The third kappa shape index (κ3) is 12.2. The highest BCUT2D eigenvalue weighted by Gasteiger charge is 2.46. The zero-order chi connectivity index (χ0) is 36.7. The van der Waals surface area contributed by atoms with E-state index in [1.165, 1.54) is 13.2 Å². The van der Waals surface area contributed by atoms with E-state index in [2.05, 4.69) is 15.4 Å². The van der Waals surface area contributed by atoms with Gasteiger partial charge < -0.3 is 39.1 Å². The van der Waals surface area contributed by atoms with Gasteiger partial charge in [0.05, 0.1) is 28.4 Å². The number of ether oxygens (including phenoxy) is 6. The van der Waals surface area contributed by atoms with Crippen molar-refractivity contribution < 1.29 is 42.8 Å². The Labute approximate surface area is 299 Å². The molecule has 2 saturated heterocycles. The third-order valence-electron chi connectivity index (χ3n) is 10.4. The molecule has 2 aliphatic heterocycles. The minimum absolute atomic E-state index is 0.129. The first-order chi connectivity index (χ1) is 23.8. The quantitative estimate of drug-likeness (QED) is 0.0734. The van der Waals surface area contributed by atoms with Crippen LogP contribution in [0.2, 0.25) is 0 Å². The second kappa shape index (κ2) is 19.9.